The molecule has 0 bridgehead atoms. The molecule has 0 spiro atoms. The molecule has 0 aliphatic carbocycles. The first-order valence-electron chi connectivity index (χ1n) is 9.74. The normalized spacial score (nSPS) is 15.1. The van der Waals surface area contributed by atoms with Crippen LogP contribution in [0.15, 0.2) is 52.9 Å². The summed E-state index contributed by atoms with van der Waals surface area (Å²) in [6.45, 7) is 2.79. The van der Waals surface area contributed by atoms with Crippen LogP contribution in [0.25, 0.3) is 11.4 Å². The predicted molar refractivity (Wildman–Crippen MR) is 117 cm³/mol. The number of anilines is 1. The number of pyridine rings is 1. The molecule has 9 heteroatoms. The van der Waals surface area contributed by atoms with Crippen molar-refractivity contribution in [2.24, 2.45) is 0 Å². The highest BCUT2D eigenvalue weighted by Gasteiger charge is 2.28. The van der Waals surface area contributed by atoms with Crippen LogP contribution in [0.2, 0.25) is 0 Å². The molecule has 3 heterocycles. The number of carbonyl (C=O) groups is 1. The molecule has 156 valence electrons. The fourth-order valence-electron chi connectivity index (χ4n) is 3.40. The van der Waals surface area contributed by atoms with Gasteiger partial charge in [-0.1, -0.05) is 18.6 Å². The number of amides is 1. The van der Waals surface area contributed by atoms with Gasteiger partial charge < -0.3 is 0 Å². The average molecular weight is 443 g/mol. The quantitative estimate of drug-likeness (QED) is 0.646. The van der Waals surface area contributed by atoms with Gasteiger partial charge in [-0.3, -0.25) is 15.1 Å². The third kappa shape index (κ3) is 4.28. The molecule has 4 rings (SSSR count). The molecule has 7 nitrogen and oxygen atoms in total. The fraction of sp³-hybridized carbons (Fsp3) is 0.286. The van der Waals surface area contributed by atoms with Crippen LogP contribution in [0, 0.1) is 6.92 Å². The van der Waals surface area contributed by atoms with Crippen molar-refractivity contribution in [3.63, 3.8) is 0 Å². The van der Waals surface area contributed by atoms with Crippen LogP contribution in [0.5, 0.6) is 0 Å². The monoisotopic (exact) mass is 442 g/mol. The lowest BCUT2D eigenvalue weighted by atomic mass is 10.1. The van der Waals surface area contributed by atoms with E-state index < -0.39 is 15.9 Å². The Morgan fingerprint density at radius 2 is 1.90 bits per heavy atom. The van der Waals surface area contributed by atoms with E-state index >= 15 is 0 Å². The highest BCUT2D eigenvalue weighted by molar-refractivity contribution is 7.89. The number of aromatic nitrogens is 2. The molecule has 1 saturated heterocycles. The van der Waals surface area contributed by atoms with Gasteiger partial charge in [-0.05, 0) is 49.6 Å². The number of nitrogens with zero attached hydrogens (tertiary/aromatic N) is 3. The maximum Gasteiger partial charge on any atom is 0.257 e. The van der Waals surface area contributed by atoms with E-state index in [1.54, 1.807) is 25.3 Å². The topological polar surface area (TPSA) is 92.3 Å². The van der Waals surface area contributed by atoms with Crippen molar-refractivity contribution >= 4 is 32.4 Å². The summed E-state index contributed by atoms with van der Waals surface area (Å²) >= 11 is 1.29. The molecule has 0 saturated carbocycles. The summed E-state index contributed by atoms with van der Waals surface area (Å²) in [6.07, 6.45) is 4.45. The van der Waals surface area contributed by atoms with Crippen molar-refractivity contribution in [3.8, 4) is 11.4 Å². The zero-order chi connectivity index (χ0) is 21.1. The van der Waals surface area contributed by atoms with Crippen LogP contribution in [0.4, 0.5) is 5.13 Å². The molecule has 1 aliphatic heterocycles. The van der Waals surface area contributed by atoms with Gasteiger partial charge in [-0.25, -0.2) is 13.4 Å². The molecule has 1 aromatic carbocycles. The van der Waals surface area contributed by atoms with Crippen molar-refractivity contribution in [2.45, 2.75) is 31.1 Å². The molecule has 3 aromatic rings. The summed E-state index contributed by atoms with van der Waals surface area (Å²) in [5, 5.41) is 5.01. The molecule has 1 amide bonds. The van der Waals surface area contributed by atoms with Crippen molar-refractivity contribution in [2.75, 3.05) is 18.4 Å². The van der Waals surface area contributed by atoms with Gasteiger partial charge in [0.1, 0.15) is 5.69 Å². The van der Waals surface area contributed by atoms with Gasteiger partial charge in [-0.2, -0.15) is 4.31 Å². The Kier molecular flexibility index (Phi) is 5.94. The Bertz CT molecular complexity index is 1150. The molecule has 2 aromatic heterocycles. The second kappa shape index (κ2) is 8.63. The first-order valence-corrected chi connectivity index (χ1v) is 12.1. The Morgan fingerprint density at radius 3 is 2.63 bits per heavy atom. The standard InChI is InChI=1S/C21H22N4O3S2/c1-15-8-9-16(13-19(15)30(27,28)25-11-5-2-6-12-25)20(26)24-21-23-18(14-29-21)17-7-3-4-10-22-17/h3-4,7-10,13-14H,2,5-6,11-12H2,1H3,(H,23,24,26). The number of nitrogens with one attached hydrogen (secondary N) is 1. The van der Waals surface area contributed by atoms with E-state index in [-0.39, 0.29) is 10.5 Å². The Balaban J connectivity index is 1.55. The Hall–Kier alpha value is -2.62. The highest BCUT2D eigenvalue weighted by atomic mass is 32.2. The second-order valence-corrected chi connectivity index (χ2v) is 9.92. The molecule has 1 aliphatic rings. The molecule has 1 N–H and O–H groups in total. The molecular weight excluding hydrogens is 420 g/mol. The van der Waals surface area contributed by atoms with Gasteiger partial charge in [0.15, 0.2) is 5.13 Å². The lowest BCUT2D eigenvalue weighted by molar-refractivity contribution is 0.102. The van der Waals surface area contributed by atoms with E-state index in [4.69, 9.17) is 0 Å². The summed E-state index contributed by atoms with van der Waals surface area (Å²) in [5.74, 6) is -0.396. The van der Waals surface area contributed by atoms with Crippen molar-refractivity contribution in [1.29, 1.82) is 0 Å². The zero-order valence-corrected chi connectivity index (χ0v) is 18.2. The second-order valence-electron chi connectivity index (χ2n) is 7.15. The molecular formula is C21H22N4O3S2. The summed E-state index contributed by atoms with van der Waals surface area (Å²) in [5.41, 5.74) is 2.31. The number of thiazole rings is 1. The third-order valence-electron chi connectivity index (χ3n) is 5.04. The molecule has 0 unspecified atom stereocenters. The lowest BCUT2D eigenvalue weighted by Crippen LogP contribution is -2.36. The van der Waals surface area contributed by atoms with E-state index in [0.29, 0.717) is 29.5 Å². The first kappa shape index (κ1) is 20.6. The van der Waals surface area contributed by atoms with Crippen molar-refractivity contribution in [1.82, 2.24) is 14.3 Å². The van der Waals surface area contributed by atoms with Crippen molar-refractivity contribution in [3.05, 3.63) is 59.1 Å². The highest BCUT2D eigenvalue weighted by Crippen LogP contribution is 2.26. The Labute approximate surface area is 179 Å². The van der Waals surface area contributed by atoms with Gasteiger partial charge in [-0.15, -0.1) is 11.3 Å². The van der Waals surface area contributed by atoms with Crippen LogP contribution >= 0.6 is 11.3 Å². The number of hydrogen-bond donors (Lipinski definition) is 1. The van der Waals surface area contributed by atoms with E-state index in [0.717, 1.165) is 25.0 Å². The van der Waals surface area contributed by atoms with E-state index in [1.165, 1.54) is 21.7 Å². The summed E-state index contributed by atoms with van der Waals surface area (Å²) in [7, 11) is -3.62. The molecule has 1 fully saturated rings. The minimum atomic E-state index is -3.62. The largest absolute Gasteiger partial charge is 0.298 e. The lowest BCUT2D eigenvalue weighted by Gasteiger charge is -2.26. The van der Waals surface area contributed by atoms with E-state index in [9.17, 15) is 13.2 Å². The smallest absolute Gasteiger partial charge is 0.257 e. The third-order valence-corrected chi connectivity index (χ3v) is 7.83. The number of benzene rings is 1. The number of hydrogen-bond acceptors (Lipinski definition) is 6. The van der Waals surface area contributed by atoms with Crippen LogP contribution in [-0.2, 0) is 10.0 Å². The fourth-order valence-corrected chi connectivity index (χ4v) is 5.86. The van der Waals surface area contributed by atoms with Gasteiger partial charge in [0.05, 0.1) is 10.6 Å². The number of sulfonamides is 1. The summed E-state index contributed by atoms with van der Waals surface area (Å²) in [4.78, 5) is 21.6. The van der Waals surface area contributed by atoms with E-state index in [1.807, 2.05) is 23.6 Å². The molecule has 30 heavy (non-hydrogen) atoms. The number of piperidine rings is 1. The first-order chi connectivity index (χ1) is 14.4. The van der Waals surface area contributed by atoms with Crippen LogP contribution in [0.1, 0.15) is 35.2 Å². The van der Waals surface area contributed by atoms with Crippen molar-refractivity contribution < 1.29 is 13.2 Å². The predicted octanol–water partition coefficient (Wildman–Crippen LogP) is 3.94. The van der Waals surface area contributed by atoms with Crippen LogP contribution in [-0.4, -0.2) is 41.7 Å². The Morgan fingerprint density at radius 1 is 1.10 bits per heavy atom. The van der Waals surface area contributed by atoms with Crippen LogP contribution in [0.3, 0.4) is 0 Å². The molecule has 0 radical (unpaired) electrons. The van der Waals surface area contributed by atoms with Gasteiger partial charge in [0.2, 0.25) is 10.0 Å². The van der Waals surface area contributed by atoms with Crippen LogP contribution < -0.4 is 5.32 Å². The van der Waals surface area contributed by atoms with Gasteiger partial charge >= 0.3 is 0 Å². The van der Waals surface area contributed by atoms with E-state index in [2.05, 4.69) is 15.3 Å². The van der Waals surface area contributed by atoms with Gasteiger partial charge in [0, 0.05) is 30.2 Å². The summed E-state index contributed by atoms with van der Waals surface area (Å²) in [6, 6.07) is 10.3. The number of aryl methyl sites for hydroxylation is 1. The minimum Gasteiger partial charge on any atom is -0.298 e. The van der Waals surface area contributed by atoms with Gasteiger partial charge in [0.25, 0.3) is 5.91 Å². The average Bonchev–Trinajstić information content (AvgIpc) is 3.23. The number of rotatable bonds is 5. The minimum absolute atomic E-state index is 0.186. The maximum absolute atomic E-state index is 13.1. The summed E-state index contributed by atoms with van der Waals surface area (Å²) < 4.78 is 27.7. The zero-order valence-electron chi connectivity index (χ0n) is 16.5. The SMILES string of the molecule is Cc1ccc(C(=O)Nc2nc(-c3ccccn3)cs2)cc1S(=O)(=O)N1CCCCC1. The number of carbonyl (C=O) groups excluding carboxylic acids is 1. The molecule has 0 atom stereocenters. The maximum atomic E-state index is 13.1.